The van der Waals surface area contributed by atoms with Crippen LogP contribution in [0.4, 0.5) is 0 Å². The van der Waals surface area contributed by atoms with Gasteiger partial charge in [-0.1, -0.05) is 5.57 Å². The molecule has 0 aromatic heterocycles. The highest BCUT2D eigenvalue weighted by Crippen LogP contribution is 1.73. The Morgan fingerprint density at radius 3 is 1.42 bits per heavy atom. The number of hydrogen-bond donors (Lipinski definition) is 5. The van der Waals surface area contributed by atoms with Crippen LogP contribution in [0.3, 0.4) is 0 Å². The molecular formula is C12H23NO6. The van der Waals surface area contributed by atoms with Gasteiger partial charge >= 0.3 is 11.9 Å². The molecule has 5 N–H and O–H groups in total. The molecule has 0 saturated carbocycles. The van der Waals surface area contributed by atoms with Crippen LogP contribution in [0.2, 0.25) is 0 Å². The molecule has 0 heterocycles. The van der Waals surface area contributed by atoms with Crippen LogP contribution in [0.1, 0.15) is 13.8 Å². The SMILES string of the molecule is C=C(C)C.O=C(O)/C=C\C(=O)O.OCCNCCO. The van der Waals surface area contributed by atoms with Crippen molar-refractivity contribution in [2.45, 2.75) is 13.8 Å². The number of aliphatic hydroxyl groups excluding tert-OH is 2. The van der Waals surface area contributed by atoms with Crippen molar-refractivity contribution >= 4 is 11.9 Å². The Kier molecular flexibility index (Phi) is 22.1. The average Bonchev–Trinajstić information content (AvgIpc) is 2.27. The second-order valence-corrected chi connectivity index (χ2v) is 3.41. The summed E-state index contributed by atoms with van der Waals surface area (Å²) in [4.78, 5) is 19.1. The maximum Gasteiger partial charge on any atom is 0.328 e. The van der Waals surface area contributed by atoms with Crippen LogP contribution in [-0.4, -0.2) is 58.7 Å². The summed E-state index contributed by atoms with van der Waals surface area (Å²) in [7, 11) is 0. The Hall–Kier alpha value is -1.70. The lowest BCUT2D eigenvalue weighted by Gasteiger charge is -1.94. The first-order valence-corrected chi connectivity index (χ1v) is 5.46. The third kappa shape index (κ3) is 62.5. The second kappa shape index (κ2) is 18.7. The van der Waals surface area contributed by atoms with Gasteiger partial charge in [0.25, 0.3) is 0 Å². The molecular weight excluding hydrogens is 254 g/mol. The van der Waals surface area contributed by atoms with Crippen molar-refractivity contribution in [3.63, 3.8) is 0 Å². The number of allylic oxidation sites excluding steroid dienone is 1. The zero-order valence-corrected chi connectivity index (χ0v) is 11.3. The van der Waals surface area contributed by atoms with Gasteiger partial charge in [0, 0.05) is 25.2 Å². The van der Waals surface area contributed by atoms with E-state index in [1.54, 1.807) is 0 Å². The smallest absolute Gasteiger partial charge is 0.328 e. The molecule has 0 aliphatic heterocycles. The Balaban J connectivity index is -0.000000214. The van der Waals surface area contributed by atoms with Crippen molar-refractivity contribution in [2.24, 2.45) is 0 Å². The summed E-state index contributed by atoms with van der Waals surface area (Å²) in [6.45, 7) is 8.92. The molecule has 0 fully saturated rings. The molecule has 0 bridgehead atoms. The van der Waals surface area contributed by atoms with Crippen LogP contribution in [0, 0.1) is 0 Å². The van der Waals surface area contributed by atoms with Crippen molar-refractivity contribution in [3.05, 3.63) is 24.3 Å². The average molecular weight is 277 g/mol. The van der Waals surface area contributed by atoms with Gasteiger partial charge in [0.1, 0.15) is 0 Å². The van der Waals surface area contributed by atoms with Gasteiger partial charge in [0.2, 0.25) is 0 Å². The molecule has 0 amide bonds. The van der Waals surface area contributed by atoms with Gasteiger partial charge in [-0.3, -0.25) is 0 Å². The largest absolute Gasteiger partial charge is 0.478 e. The highest BCUT2D eigenvalue weighted by Gasteiger charge is 1.88. The molecule has 0 radical (unpaired) electrons. The summed E-state index contributed by atoms with van der Waals surface area (Å²) >= 11 is 0. The Morgan fingerprint density at radius 2 is 1.26 bits per heavy atom. The maximum absolute atomic E-state index is 9.55. The molecule has 0 unspecified atom stereocenters. The molecule has 0 aromatic carbocycles. The fourth-order valence-electron chi connectivity index (χ4n) is 0.426. The van der Waals surface area contributed by atoms with E-state index in [0.717, 1.165) is 0 Å². The van der Waals surface area contributed by atoms with Crippen molar-refractivity contribution in [2.75, 3.05) is 26.3 Å². The normalized spacial score (nSPS) is 8.84. The van der Waals surface area contributed by atoms with Crippen LogP contribution in [0.25, 0.3) is 0 Å². The lowest BCUT2D eigenvalue weighted by Crippen LogP contribution is -2.21. The van der Waals surface area contributed by atoms with Gasteiger partial charge in [0.05, 0.1) is 13.2 Å². The fourth-order valence-corrected chi connectivity index (χ4v) is 0.426. The fraction of sp³-hybridized carbons (Fsp3) is 0.500. The third-order valence-electron chi connectivity index (χ3n) is 0.946. The predicted octanol–water partition coefficient (Wildman–Crippen LogP) is -0.145. The molecule has 0 aromatic rings. The highest BCUT2D eigenvalue weighted by atomic mass is 16.4. The maximum atomic E-state index is 9.55. The molecule has 0 saturated heterocycles. The number of aliphatic hydroxyl groups is 2. The first-order chi connectivity index (χ1) is 8.77. The van der Waals surface area contributed by atoms with E-state index in [-0.39, 0.29) is 13.2 Å². The topological polar surface area (TPSA) is 127 Å². The van der Waals surface area contributed by atoms with Gasteiger partial charge < -0.3 is 25.7 Å². The predicted molar refractivity (Wildman–Crippen MR) is 71.9 cm³/mol. The molecule has 0 aliphatic carbocycles. The van der Waals surface area contributed by atoms with Crippen LogP contribution >= 0.6 is 0 Å². The van der Waals surface area contributed by atoms with E-state index >= 15 is 0 Å². The molecule has 0 spiro atoms. The van der Waals surface area contributed by atoms with E-state index < -0.39 is 11.9 Å². The first-order valence-electron chi connectivity index (χ1n) is 5.46. The lowest BCUT2D eigenvalue weighted by molar-refractivity contribution is -0.134. The van der Waals surface area contributed by atoms with Crippen molar-refractivity contribution in [3.8, 4) is 0 Å². The molecule has 112 valence electrons. The Bertz CT molecular complexity index is 251. The minimum atomic E-state index is -1.26. The van der Waals surface area contributed by atoms with Crippen molar-refractivity contribution < 1.29 is 30.0 Å². The number of carboxylic acids is 2. The molecule has 7 nitrogen and oxygen atoms in total. The number of rotatable bonds is 6. The molecule has 19 heavy (non-hydrogen) atoms. The van der Waals surface area contributed by atoms with E-state index in [0.29, 0.717) is 25.2 Å². The summed E-state index contributed by atoms with van der Waals surface area (Å²) in [5.74, 6) is -2.51. The first kappa shape index (κ1) is 22.5. The summed E-state index contributed by atoms with van der Waals surface area (Å²) < 4.78 is 0. The van der Waals surface area contributed by atoms with Crippen LogP contribution in [-0.2, 0) is 9.59 Å². The highest BCUT2D eigenvalue weighted by molar-refractivity contribution is 5.89. The van der Waals surface area contributed by atoms with Crippen LogP contribution in [0.5, 0.6) is 0 Å². The number of nitrogens with one attached hydrogen (secondary N) is 1. The second-order valence-electron chi connectivity index (χ2n) is 3.41. The van der Waals surface area contributed by atoms with Crippen LogP contribution < -0.4 is 5.32 Å². The summed E-state index contributed by atoms with van der Waals surface area (Å²) in [6.07, 6.45) is 1.12. The van der Waals surface area contributed by atoms with Crippen molar-refractivity contribution in [1.29, 1.82) is 0 Å². The van der Waals surface area contributed by atoms with Gasteiger partial charge in [-0.05, 0) is 13.8 Å². The summed E-state index contributed by atoms with van der Waals surface area (Å²) in [6, 6.07) is 0. The van der Waals surface area contributed by atoms with E-state index in [1.165, 1.54) is 5.57 Å². The van der Waals surface area contributed by atoms with Crippen LogP contribution in [0.15, 0.2) is 24.3 Å². The summed E-state index contributed by atoms with van der Waals surface area (Å²) in [5, 5.41) is 34.7. The minimum Gasteiger partial charge on any atom is -0.478 e. The van der Waals surface area contributed by atoms with E-state index in [4.69, 9.17) is 20.4 Å². The van der Waals surface area contributed by atoms with E-state index in [1.807, 2.05) is 13.8 Å². The summed E-state index contributed by atoms with van der Waals surface area (Å²) in [5.41, 5.74) is 1.17. The number of carboxylic acid groups (broad SMARTS) is 2. The molecule has 7 heteroatoms. The van der Waals surface area contributed by atoms with E-state index in [9.17, 15) is 9.59 Å². The zero-order valence-electron chi connectivity index (χ0n) is 11.3. The van der Waals surface area contributed by atoms with Gasteiger partial charge in [-0.15, -0.1) is 6.58 Å². The monoisotopic (exact) mass is 277 g/mol. The standard InChI is InChI=1S/C4H11NO2.C4H4O4.C4H8/c6-3-1-5-2-4-7;5-3(6)1-2-4(7)8;1-4(2)3/h5-7H,1-4H2;1-2H,(H,5,6)(H,7,8);1H2,2-3H3/b;2-1-;. The van der Waals surface area contributed by atoms with Gasteiger partial charge in [-0.25, -0.2) is 9.59 Å². The Labute approximate surface area is 112 Å². The molecule has 0 aliphatic rings. The Morgan fingerprint density at radius 1 is 1.00 bits per heavy atom. The lowest BCUT2D eigenvalue weighted by atomic mass is 10.4. The third-order valence-corrected chi connectivity index (χ3v) is 0.946. The number of aliphatic carboxylic acids is 2. The molecule has 0 rings (SSSR count). The van der Waals surface area contributed by atoms with Gasteiger partial charge in [0.15, 0.2) is 0 Å². The quantitative estimate of drug-likeness (QED) is 0.259. The van der Waals surface area contributed by atoms with E-state index in [2.05, 4.69) is 11.9 Å². The number of carbonyl (C=O) groups is 2. The minimum absolute atomic E-state index is 0.139. The van der Waals surface area contributed by atoms with Gasteiger partial charge in [-0.2, -0.15) is 0 Å². The number of hydrogen-bond acceptors (Lipinski definition) is 5. The zero-order chi connectivity index (χ0) is 15.7. The molecule has 0 atom stereocenters. The van der Waals surface area contributed by atoms with Crippen molar-refractivity contribution in [1.82, 2.24) is 5.32 Å².